The van der Waals surface area contributed by atoms with E-state index < -0.39 is 150 Å². The molecular formula is C33H61Li3N12O16S3. The Labute approximate surface area is 425 Å². The van der Waals surface area contributed by atoms with Gasteiger partial charge in [0.1, 0.15) is 31.2 Å². The molecule has 370 valence electrons. The summed E-state index contributed by atoms with van der Waals surface area (Å²) < 4.78 is 113. The molecule has 6 rings (SSSR count). The smallest absolute Gasteiger partial charge is 0.748 e. The molecule has 28 nitrogen and oxygen atoms in total. The SMILES string of the molecule is O=C(O)C1CCCCC1N=NC1C(O)C2C(CC(S(=O)(=O)[O-])CC2NC2NC(O)NC(NC3CCC(NC4NC(O)NC(N(CCO)CCO)N4)C(S(=O)(=O)[O-])C3)N2)CC1S(=O)(=O)[O-].[Li+].[Li+].[Li+]. The zero-order chi connectivity index (χ0) is 46.7. The zero-order valence-corrected chi connectivity index (χ0v) is 40.1. The Morgan fingerprint density at radius 3 is 1.79 bits per heavy atom. The number of aliphatic hydroxyl groups excluding tert-OH is 5. The minimum atomic E-state index is -5.20. The second-order valence-electron chi connectivity index (χ2n) is 17.4. The van der Waals surface area contributed by atoms with E-state index in [2.05, 4.69) is 58.1 Å². The molecule has 0 bridgehead atoms. The van der Waals surface area contributed by atoms with Crippen molar-refractivity contribution in [2.24, 2.45) is 28.0 Å². The van der Waals surface area contributed by atoms with Crippen molar-refractivity contribution in [1.82, 2.24) is 52.8 Å². The van der Waals surface area contributed by atoms with Crippen LogP contribution in [-0.4, -0.2) is 197 Å². The van der Waals surface area contributed by atoms with Crippen LogP contribution in [0.3, 0.4) is 0 Å². The molecule has 0 spiro atoms. The summed E-state index contributed by atoms with van der Waals surface area (Å²) in [5.74, 6) is -4.07. The maximum Gasteiger partial charge on any atom is 1.00 e. The molecule has 18 unspecified atom stereocenters. The van der Waals surface area contributed by atoms with Gasteiger partial charge in [-0.3, -0.25) is 57.5 Å². The van der Waals surface area contributed by atoms with Crippen LogP contribution in [0.25, 0.3) is 0 Å². The Balaban J connectivity index is 0.00000397. The van der Waals surface area contributed by atoms with Gasteiger partial charge in [-0.2, -0.15) is 10.2 Å². The van der Waals surface area contributed by atoms with Gasteiger partial charge in [0, 0.05) is 37.1 Å². The van der Waals surface area contributed by atoms with E-state index >= 15 is 0 Å². The van der Waals surface area contributed by atoms with E-state index in [1.54, 1.807) is 4.90 Å². The fourth-order valence-corrected chi connectivity index (χ4v) is 13.4. The molecule has 0 aromatic carbocycles. The Kier molecular flexibility index (Phi) is 24.0. The van der Waals surface area contributed by atoms with Crippen LogP contribution < -0.4 is 104 Å². The monoisotopic (exact) mass is 998 g/mol. The summed E-state index contributed by atoms with van der Waals surface area (Å²) in [6, 6.07) is -5.17. The largest absolute Gasteiger partial charge is 1.00 e. The predicted molar refractivity (Wildman–Crippen MR) is 216 cm³/mol. The van der Waals surface area contributed by atoms with Gasteiger partial charge in [0.2, 0.25) is 0 Å². The molecule has 34 heteroatoms. The van der Waals surface area contributed by atoms with Gasteiger partial charge in [-0.25, -0.2) is 25.3 Å². The van der Waals surface area contributed by atoms with E-state index in [-0.39, 0.29) is 109 Å². The van der Waals surface area contributed by atoms with E-state index in [1.165, 1.54) is 0 Å². The molecule has 6 aliphatic rings. The first kappa shape index (κ1) is 61.3. The molecule has 6 fully saturated rings. The molecule has 18 atom stereocenters. The van der Waals surface area contributed by atoms with Crippen LogP contribution in [0.2, 0.25) is 0 Å². The van der Waals surface area contributed by atoms with Crippen LogP contribution in [0.1, 0.15) is 64.2 Å². The summed E-state index contributed by atoms with van der Waals surface area (Å²) in [6.07, 6.45) is -7.52. The molecule has 2 heterocycles. The van der Waals surface area contributed by atoms with Gasteiger partial charge in [0.25, 0.3) is 0 Å². The van der Waals surface area contributed by atoms with E-state index in [0.717, 1.165) is 0 Å². The number of nitrogens with zero attached hydrogens (tertiary/aromatic N) is 3. The quantitative estimate of drug-likeness (QED) is 0.0365. The van der Waals surface area contributed by atoms with Gasteiger partial charge in [-0.15, -0.1) is 0 Å². The average molecular weight is 999 g/mol. The summed E-state index contributed by atoms with van der Waals surface area (Å²) >= 11 is 0. The van der Waals surface area contributed by atoms with Gasteiger partial charge in [0.15, 0.2) is 12.7 Å². The van der Waals surface area contributed by atoms with Crippen molar-refractivity contribution < 1.29 is 131 Å². The van der Waals surface area contributed by atoms with E-state index in [4.69, 9.17) is 0 Å². The second-order valence-corrected chi connectivity index (χ2v) is 22.3. The molecule has 2 aliphatic heterocycles. The number of carbonyl (C=O) groups is 1. The molecule has 0 radical (unpaired) electrons. The molecule has 4 saturated carbocycles. The van der Waals surface area contributed by atoms with Crippen molar-refractivity contribution in [2.75, 3.05) is 26.3 Å². The minimum Gasteiger partial charge on any atom is -0.748 e. The molecular weight excluding hydrogens is 937 g/mol. The third-order valence-corrected chi connectivity index (χ3v) is 17.0. The minimum absolute atomic E-state index is 0. The Hall–Kier alpha value is -0.00779. The molecule has 4 aliphatic carbocycles. The number of fused-ring (bicyclic) bond motifs is 1. The molecule has 2 saturated heterocycles. The normalized spacial score (nSPS) is 39.9. The first-order valence-corrected chi connectivity index (χ1v) is 25.8. The fourth-order valence-electron chi connectivity index (χ4n) is 10.4. The third kappa shape index (κ3) is 16.2. The Morgan fingerprint density at radius 2 is 1.21 bits per heavy atom. The maximum absolute atomic E-state index is 12.7. The van der Waals surface area contributed by atoms with Gasteiger partial charge in [-0.05, 0) is 57.3 Å². The van der Waals surface area contributed by atoms with Crippen LogP contribution >= 0.6 is 0 Å². The fraction of sp³-hybridized carbons (Fsp3) is 0.970. The van der Waals surface area contributed by atoms with Crippen LogP contribution in [0.4, 0.5) is 0 Å². The number of rotatable bonds is 17. The number of hydrogen-bond acceptors (Lipinski definition) is 27. The van der Waals surface area contributed by atoms with Gasteiger partial charge in [-0.1, -0.05) is 12.8 Å². The van der Waals surface area contributed by atoms with Gasteiger partial charge in [0.05, 0.1) is 77.4 Å². The Bertz CT molecular complexity index is 1960. The van der Waals surface area contributed by atoms with Crippen molar-refractivity contribution in [3.8, 4) is 0 Å². The summed E-state index contributed by atoms with van der Waals surface area (Å²) in [6.45, 7) is -0.274. The molecule has 0 aromatic rings. The van der Waals surface area contributed by atoms with Crippen LogP contribution in [0, 0.1) is 17.8 Å². The van der Waals surface area contributed by atoms with Crippen molar-refractivity contribution in [3.63, 3.8) is 0 Å². The van der Waals surface area contributed by atoms with Crippen LogP contribution in [-0.2, 0) is 35.1 Å². The third-order valence-electron chi connectivity index (χ3n) is 13.3. The van der Waals surface area contributed by atoms with Gasteiger partial charge < -0.3 is 44.3 Å². The maximum atomic E-state index is 12.7. The summed E-state index contributed by atoms with van der Waals surface area (Å²) in [5.41, 5.74) is 0. The zero-order valence-electron chi connectivity index (χ0n) is 37.6. The van der Waals surface area contributed by atoms with Gasteiger partial charge >= 0.3 is 62.6 Å². The number of hydrogen-bond donors (Lipinski definition) is 15. The number of carboxylic acid groups (broad SMARTS) is 1. The van der Waals surface area contributed by atoms with Crippen molar-refractivity contribution in [1.29, 1.82) is 0 Å². The second kappa shape index (κ2) is 26.3. The standard InChI is InChI=1S/C33H64N12O16S3.3Li/c46-9-7-45(8-10-47)31-38-30(41-33(52)42-31)35-20-6-5-16(13-22(20)63(56,57)58)34-28-37-29(40-32(51)39-28)36-21-14-17(62(53,54)55)11-15-12-23(64(59,60)61)25(26(48)24(15)21)44-43-19-4-2-1-3-18(19)27(49)50;;;/h15-26,28-42,46-48,51-52H,1-14H2,(H,49,50)(H,53,54,55)(H,56,57,58)(H,59,60,61);;;/q;3*+1/p-3. The van der Waals surface area contributed by atoms with E-state index in [1.807, 2.05) is 0 Å². The molecule has 15 N–H and O–H groups in total. The molecule has 0 amide bonds. The van der Waals surface area contributed by atoms with Crippen molar-refractivity contribution in [2.45, 2.75) is 154 Å². The molecule has 67 heavy (non-hydrogen) atoms. The van der Waals surface area contributed by atoms with E-state index in [9.17, 15) is 74.3 Å². The number of aliphatic hydroxyl groups is 5. The van der Waals surface area contributed by atoms with Crippen LogP contribution in [0.5, 0.6) is 0 Å². The summed E-state index contributed by atoms with van der Waals surface area (Å²) in [7, 11) is -15.1. The summed E-state index contributed by atoms with van der Waals surface area (Å²) in [4.78, 5) is 13.5. The number of carboxylic acids is 1. The van der Waals surface area contributed by atoms with E-state index in [0.29, 0.717) is 32.1 Å². The van der Waals surface area contributed by atoms with Crippen molar-refractivity contribution >= 4 is 36.3 Å². The molecule has 0 aromatic heterocycles. The topological polar surface area (TPSA) is 446 Å². The Morgan fingerprint density at radius 1 is 0.642 bits per heavy atom. The number of nitrogens with one attached hydrogen (secondary N) is 9. The first-order chi connectivity index (χ1) is 30.0. The predicted octanol–water partition coefficient (Wildman–Crippen LogP) is -16.4. The average Bonchev–Trinajstić information content (AvgIpc) is 3.19. The number of azo groups is 1. The van der Waals surface area contributed by atoms with Crippen molar-refractivity contribution in [3.05, 3.63) is 0 Å². The first-order valence-electron chi connectivity index (χ1n) is 21.4. The number of aliphatic carboxylic acids is 1. The van der Waals surface area contributed by atoms with Crippen LogP contribution in [0.15, 0.2) is 10.2 Å². The summed E-state index contributed by atoms with van der Waals surface area (Å²) in [5, 5.41) is 91.5.